The molecule has 0 aliphatic carbocycles. The van der Waals surface area contributed by atoms with Gasteiger partial charge in [0, 0.05) is 36.3 Å². The molecular formula is C17H19N5O2. The number of aromatic amines is 1. The van der Waals surface area contributed by atoms with E-state index in [-0.39, 0.29) is 11.6 Å². The SMILES string of the molecule is CCn1cc(NC(=O)CCc2c[nH]c3ccccc23)c(C(N)=O)n1. The van der Waals surface area contributed by atoms with E-state index in [1.807, 2.05) is 37.4 Å². The molecule has 2 aromatic heterocycles. The van der Waals surface area contributed by atoms with Gasteiger partial charge in [-0.15, -0.1) is 0 Å². The lowest BCUT2D eigenvalue weighted by atomic mass is 10.1. The molecule has 0 atom stereocenters. The van der Waals surface area contributed by atoms with E-state index in [2.05, 4.69) is 15.4 Å². The first-order chi connectivity index (χ1) is 11.6. The molecule has 0 saturated carbocycles. The summed E-state index contributed by atoms with van der Waals surface area (Å²) in [7, 11) is 0. The van der Waals surface area contributed by atoms with Crippen molar-refractivity contribution in [1.29, 1.82) is 0 Å². The third-order valence-corrected chi connectivity index (χ3v) is 3.89. The second-order valence-electron chi connectivity index (χ2n) is 5.52. The number of carbonyl (C=O) groups is 2. The van der Waals surface area contributed by atoms with Gasteiger partial charge in [-0.05, 0) is 25.0 Å². The van der Waals surface area contributed by atoms with Crippen molar-refractivity contribution in [3.05, 3.63) is 47.9 Å². The van der Waals surface area contributed by atoms with E-state index in [9.17, 15) is 9.59 Å². The molecule has 0 spiro atoms. The van der Waals surface area contributed by atoms with E-state index in [4.69, 9.17) is 5.73 Å². The molecule has 0 aliphatic rings. The monoisotopic (exact) mass is 325 g/mol. The van der Waals surface area contributed by atoms with Gasteiger partial charge in [-0.2, -0.15) is 5.10 Å². The number of primary amides is 1. The van der Waals surface area contributed by atoms with Crippen LogP contribution in [0.4, 0.5) is 5.69 Å². The molecule has 2 heterocycles. The van der Waals surface area contributed by atoms with Gasteiger partial charge in [-0.25, -0.2) is 0 Å². The van der Waals surface area contributed by atoms with Crippen LogP contribution in [0.2, 0.25) is 0 Å². The van der Waals surface area contributed by atoms with Crippen molar-refractivity contribution in [1.82, 2.24) is 14.8 Å². The molecule has 0 unspecified atom stereocenters. The first kappa shape index (κ1) is 15.8. The average molecular weight is 325 g/mol. The van der Waals surface area contributed by atoms with Crippen molar-refractivity contribution in [2.45, 2.75) is 26.3 Å². The number of hydrogen-bond acceptors (Lipinski definition) is 3. The molecule has 0 bridgehead atoms. The van der Waals surface area contributed by atoms with Gasteiger partial charge in [0.25, 0.3) is 5.91 Å². The number of H-pyrrole nitrogens is 1. The molecule has 0 saturated heterocycles. The maximum absolute atomic E-state index is 12.2. The van der Waals surface area contributed by atoms with E-state index in [1.165, 1.54) is 0 Å². The number of anilines is 1. The number of aromatic nitrogens is 3. The lowest BCUT2D eigenvalue weighted by Gasteiger charge is -2.03. The van der Waals surface area contributed by atoms with Crippen molar-refractivity contribution in [3.8, 4) is 0 Å². The van der Waals surface area contributed by atoms with E-state index in [0.29, 0.717) is 25.1 Å². The summed E-state index contributed by atoms with van der Waals surface area (Å²) in [6, 6.07) is 7.96. The summed E-state index contributed by atoms with van der Waals surface area (Å²) >= 11 is 0. The first-order valence-corrected chi connectivity index (χ1v) is 7.80. The molecule has 3 rings (SSSR count). The van der Waals surface area contributed by atoms with Crippen molar-refractivity contribution in [3.63, 3.8) is 0 Å². The van der Waals surface area contributed by atoms with E-state index in [1.54, 1.807) is 10.9 Å². The first-order valence-electron chi connectivity index (χ1n) is 7.80. The Kier molecular flexibility index (Phi) is 4.33. The highest BCUT2D eigenvalue weighted by atomic mass is 16.2. The maximum atomic E-state index is 12.2. The molecule has 0 radical (unpaired) electrons. The summed E-state index contributed by atoms with van der Waals surface area (Å²) < 4.78 is 1.56. The Bertz CT molecular complexity index is 893. The van der Waals surface area contributed by atoms with Crippen LogP contribution in [0.25, 0.3) is 10.9 Å². The van der Waals surface area contributed by atoms with Gasteiger partial charge < -0.3 is 16.0 Å². The highest BCUT2D eigenvalue weighted by Gasteiger charge is 2.16. The second-order valence-corrected chi connectivity index (χ2v) is 5.52. The van der Waals surface area contributed by atoms with Crippen molar-refractivity contribution in [2.75, 3.05) is 5.32 Å². The Balaban J connectivity index is 1.68. The largest absolute Gasteiger partial charge is 0.364 e. The standard InChI is InChI=1S/C17H19N5O2/c1-2-22-10-14(16(21-22)17(18)24)20-15(23)8-7-11-9-19-13-6-4-3-5-12(11)13/h3-6,9-10,19H,2,7-8H2,1H3,(H2,18,24)(H,20,23). The van der Waals surface area contributed by atoms with Crippen molar-refractivity contribution >= 4 is 28.4 Å². The molecule has 7 nitrogen and oxygen atoms in total. The minimum absolute atomic E-state index is 0.0808. The predicted octanol–water partition coefficient (Wildman–Crippen LogP) is 2.05. The molecule has 1 aromatic carbocycles. The molecule has 7 heteroatoms. The zero-order valence-corrected chi connectivity index (χ0v) is 13.4. The third-order valence-electron chi connectivity index (χ3n) is 3.89. The number of nitrogens with one attached hydrogen (secondary N) is 2. The van der Waals surface area contributed by atoms with Crippen LogP contribution in [-0.4, -0.2) is 26.6 Å². The van der Waals surface area contributed by atoms with E-state index >= 15 is 0 Å². The summed E-state index contributed by atoms with van der Waals surface area (Å²) in [5.41, 5.74) is 7.87. The topological polar surface area (TPSA) is 106 Å². The van der Waals surface area contributed by atoms with Crippen LogP contribution < -0.4 is 11.1 Å². The molecule has 24 heavy (non-hydrogen) atoms. The zero-order chi connectivity index (χ0) is 17.1. The normalized spacial score (nSPS) is 10.9. The number of nitrogens with two attached hydrogens (primary N) is 1. The van der Waals surface area contributed by atoms with Crippen LogP contribution in [0.3, 0.4) is 0 Å². The van der Waals surface area contributed by atoms with E-state index in [0.717, 1.165) is 16.5 Å². The molecule has 124 valence electrons. The zero-order valence-electron chi connectivity index (χ0n) is 13.4. The summed E-state index contributed by atoms with van der Waals surface area (Å²) in [5.74, 6) is -0.840. The van der Waals surface area contributed by atoms with Gasteiger partial charge in [0.1, 0.15) is 0 Å². The number of aryl methyl sites for hydroxylation is 2. The fraction of sp³-hybridized carbons (Fsp3) is 0.235. The molecule has 0 fully saturated rings. The molecular weight excluding hydrogens is 306 g/mol. The number of para-hydroxylation sites is 1. The number of amides is 2. The Hall–Kier alpha value is -3.09. The Labute approximate surface area is 138 Å². The number of fused-ring (bicyclic) bond motifs is 1. The minimum Gasteiger partial charge on any atom is -0.364 e. The third kappa shape index (κ3) is 3.15. The smallest absolute Gasteiger partial charge is 0.271 e. The van der Waals surface area contributed by atoms with Crippen LogP contribution in [0, 0.1) is 0 Å². The summed E-state index contributed by atoms with van der Waals surface area (Å²) in [6.07, 6.45) is 4.44. The molecule has 0 aliphatic heterocycles. The Morgan fingerprint density at radius 2 is 2.12 bits per heavy atom. The summed E-state index contributed by atoms with van der Waals surface area (Å²) in [6.45, 7) is 2.48. The van der Waals surface area contributed by atoms with Crippen LogP contribution in [0.1, 0.15) is 29.4 Å². The molecule has 3 aromatic rings. The van der Waals surface area contributed by atoms with Crippen LogP contribution >= 0.6 is 0 Å². The number of benzene rings is 1. The van der Waals surface area contributed by atoms with Crippen LogP contribution in [-0.2, 0) is 17.8 Å². The van der Waals surface area contributed by atoms with Gasteiger partial charge in [0.15, 0.2) is 5.69 Å². The minimum atomic E-state index is -0.658. The van der Waals surface area contributed by atoms with Gasteiger partial charge in [-0.3, -0.25) is 14.3 Å². The summed E-state index contributed by atoms with van der Waals surface area (Å²) in [4.78, 5) is 26.8. The Morgan fingerprint density at radius 1 is 1.33 bits per heavy atom. The highest BCUT2D eigenvalue weighted by Crippen LogP contribution is 2.19. The predicted molar refractivity (Wildman–Crippen MR) is 91.7 cm³/mol. The maximum Gasteiger partial charge on any atom is 0.271 e. The fourth-order valence-electron chi connectivity index (χ4n) is 2.66. The number of hydrogen-bond donors (Lipinski definition) is 3. The van der Waals surface area contributed by atoms with Gasteiger partial charge in [0.2, 0.25) is 5.91 Å². The van der Waals surface area contributed by atoms with Gasteiger partial charge in [-0.1, -0.05) is 18.2 Å². The van der Waals surface area contributed by atoms with Crippen molar-refractivity contribution in [2.24, 2.45) is 5.73 Å². The number of carbonyl (C=O) groups excluding carboxylic acids is 2. The number of nitrogens with zero attached hydrogens (tertiary/aromatic N) is 2. The highest BCUT2D eigenvalue weighted by molar-refractivity contribution is 6.01. The van der Waals surface area contributed by atoms with Crippen molar-refractivity contribution < 1.29 is 9.59 Å². The average Bonchev–Trinajstić information content (AvgIpc) is 3.17. The molecule has 2 amide bonds. The van der Waals surface area contributed by atoms with Crippen LogP contribution in [0.15, 0.2) is 36.7 Å². The lowest BCUT2D eigenvalue weighted by Crippen LogP contribution is -2.18. The van der Waals surface area contributed by atoms with Gasteiger partial charge >= 0.3 is 0 Å². The fourth-order valence-corrected chi connectivity index (χ4v) is 2.66. The van der Waals surface area contributed by atoms with Crippen LogP contribution in [0.5, 0.6) is 0 Å². The quantitative estimate of drug-likeness (QED) is 0.646. The lowest BCUT2D eigenvalue weighted by molar-refractivity contribution is -0.116. The molecule has 4 N–H and O–H groups in total. The summed E-state index contributed by atoms with van der Waals surface area (Å²) in [5, 5.41) is 7.89. The number of rotatable bonds is 6. The Morgan fingerprint density at radius 3 is 2.88 bits per heavy atom. The van der Waals surface area contributed by atoms with E-state index < -0.39 is 5.91 Å². The second kappa shape index (κ2) is 6.57. The van der Waals surface area contributed by atoms with Gasteiger partial charge in [0.05, 0.1) is 5.69 Å².